The largest absolute Gasteiger partial charge is 0.443 e. The van der Waals surface area contributed by atoms with Crippen molar-refractivity contribution in [3.05, 3.63) is 48.5 Å². The molecule has 1 N–H and O–H groups in total. The summed E-state index contributed by atoms with van der Waals surface area (Å²) >= 11 is 0. The maximum absolute atomic E-state index is 9.85. The predicted molar refractivity (Wildman–Crippen MR) is 71.6 cm³/mol. The first-order chi connectivity index (χ1) is 7.36. The number of benzene rings is 2. The lowest BCUT2D eigenvalue weighted by atomic mass is 10.0. The molecule has 2 aromatic carbocycles. The molecule has 0 saturated heterocycles. The maximum Gasteiger partial charge on any atom is 0.262 e. The van der Waals surface area contributed by atoms with Crippen molar-refractivity contribution in [3.8, 4) is 16.9 Å². The molecule has 2 nitrogen and oxygen atoms in total. The van der Waals surface area contributed by atoms with Gasteiger partial charge in [-0.3, -0.25) is 0 Å². The summed E-state index contributed by atoms with van der Waals surface area (Å²) in [7, 11) is -1.49. The van der Waals surface area contributed by atoms with Crippen LogP contribution in [-0.4, -0.2) is 4.89 Å². The second-order valence-electron chi connectivity index (χ2n) is 3.38. The average Bonchev–Trinajstić information content (AvgIpc) is 2.30. The van der Waals surface area contributed by atoms with Crippen LogP contribution in [0.3, 0.4) is 0 Å². The van der Waals surface area contributed by atoms with E-state index in [0.717, 1.165) is 22.2 Å². The van der Waals surface area contributed by atoms with Crippen molar-refractivity contribution in [1.29, 1.82) is 0 Å². The van der Waals surface area contributed by atoms with Gasteiger partial charge in [-0.1, -0.05) is 36.4 Å². The fourth-order valence-electron chi connectivity index (χ4n) is 1.78. The Morgan fingerprint density at radius 2 is 1.50 bits per heavy atom. The molecule has 2 aromatic rings. The normalized spacial score (nSPS) is 16.4. The molecule has 4 heteroatoms. The second-order valence-corrected chi connectivity index (χ2v) is 4.59. The van der Waals surface area contributed by atoms with E-state index in [2.05, 4.69) is 0 Å². The number of rotatable bonds is 0. The minimum atomic E-state index is -1.49. The lowest BCUT2D eigenvalue weighted by molar-refractivity contribution is 0.498. The van der Waals surface area contributed by atoms with E-state index < -0.39 is 8.38 Å². The van der Waals surface area contributed by atoms with Crippen LogP contribution in [-0.2, 0) is 0 Å². The third kappa shape index (κ3) is 1.75. The number of hydrogen-bond acceptors (Lipinski definition) is 2. The maximum atomic E-state index is 9.85. The minimum Gasteiger partial charge on any atom is -0.443 e. The van der Waals surface area contributed by atoms with Crippen LogP contribution >= 0.6 is 25.4 Å². The number of fused-ring (bicyclic) bond motifs is 3. The molecule has 0 bridgehead atoms. The Hall–Kier alpha value is -0.890. The fraction of sp³-hybridized carbons (Fsp3) is 0. The summed E-state index contributed by atoms with van der Waals surface area (Å²) in [4.78, 5) is 9.85. The van der Waals surface area contributed by atoms with Gasteiger partial charge in [0, 0.05) is 5.56 Å². The van der Waals surface area contributed by atoms with Gasteiger partial charge in [0.25, 0.3) is 8.38 Å². The van der Waals surface area contributed by atoms with Gasteiger partial charge < -0.3 is 9.42 Å². The van der Waals surface area contributed by atoms with E-state index in [1.165, 1.54) is 0 Å². The standard InChI is InChI=1S/C12H9O2P.BrH/c13-15-12-8-4-2-6-10(12)9-5-1-3-7-11(9)14-15;/h1-8,13H;1H. The highest BCUT2D eigenvalue weighted by atomic mass is 79.9. The zero-order valence-electron chi connectivity index (χ0n) is 8.33. The van der Waals surface area contributed by atoms with Gasteiger partial charge in [-0.05, 0) is 17.7 Å². The Kier molecular flexibility index (Phi) is 3.29. The van der Waals surface area contributed by atoms with Crippen LogP contribution in [0.1, 0.15) is 0 Å². The Morgan fingerprint density at radius 3 is 2.31 bits per heavy atom. The highest BCUT2D eigenvalue weighted by Gasteiger charge is 2.24. The zero-order valence-corrected chi connectivity index (χ0v) is 10.9. The van der Waals surface area contributed by atoms with Gasteiger partial charge >= 0.3 is 0 Å². The Morgan fingerprint density at radius 1 is 0.875 bits per heavy atom. The SMILES string of the molecule is Br.OP1Oc2ccccc2-c2ccccc21. The molecular weight excluding hydrogens is 287 g/mol. The van der Waals surface area contributed by atoms with Gasteiger partial charge in [0.1, 0.15) is 5.75 Å². The Balaban J connectivity index is 0.000000963. The van der Waals surface area contributed by atoms with E-state index >= 15 is 0 Å². The van der Waals surface area contributed by atoms with Gasteiger partial charge in [-0.2, -0.15) is 0 Å². The first-order valence-electron chi connectivity index (χ1n) is 4.72. The summed E-state index contributed by atoms with van der Waals surface area (Å²) in [5, 5.41) is 0.895. The summed E-state index contributed by atoms with van der Waals surface area (Å²) in [5.41, 5.74) is 2.13. The van der Waals surface area contributed by atoms with Gasteiger partial charge in [0.15, 0.2) is 0 Å². The molecule has 1 heterocycles. The quantitative estimate of drug-likeness (QED) is 0.756. The average molecular weight is 297 g/mol. The highest BCUT2D eigenvalue weighted by molar-refractivity contribution is 8.93. The van der Waals surface area contributed by atoms with Crippen molar-refractivity contribution < 1.29 is 9.42 Å². The fourth-order valence-corrected chi connectivity index (χ4v) is 2.84. The summed E-state index contributed by atoms with van der Waals surface area (Å²) in [5.74, 6) is 0.768. The van der Waals surface area contributed by atoms with Crippen molar-refractivity contribution in [3.63, 3.8) is 0 Å². The molecule has 0 aliphatic carbocycles. The van der Waals surface area contributed by atoms with Crippen LogP contribution in [0.2, 0.25) is 0 Å². The van der Waals surface area contributed by atoms with Gasteiger partial charge in [-0.25, -0.2) is 0 Å². The van der Waals surface area contributed by atoms with E-state index in [1.807, 2.05) is 48.5 Å². The van der Waals surface area contributed by atoms with E-state index in [9.17, 15) is 4.89 Å². The van der Waals surface area contributed by atoms with Gasteiger partial charge in [-0.15, -0.1) is 17.0 Å². The molecular formula is C12H10BrO2P. The first-order valence-corrected chi connectivity index (χ1v) is 5.93. The lowest BCUT2D eigenvalue weighted by Gasteiger charge is -2.23. The van der Waals surface area contributed by atoms with Crippen molar-refractivity contribution in [2.75, 3.05) is 0 Å². The number of halogens is 1. The van der Waals surface area contributed by atoms with Gasteiger partial charge in [0.2, 0.25) is 0 Å². The molecule has 82 valence electrons. The van der Waals surface area contributed by atoms with Crippen LogP contribution in [0.4, 0.5) is 0 Å². The third-order valence-electron chi connectivity index (χ3n) is 2.47. The molecule has 1 aliphatic rings. The molecule has 3 rings (SSSR count). The third-order valence-corrected chi connectivity index (χ3v) is 3.64. The van der Waals surface area contributed by atoms with Crippen molar-refractivity contribution in [2.45, 2.75) is 0 Å². The van der Waals surface area contributed by atoms with E-state index in [0.29, 0.717) is 0 Å². The zero-order chi connectivity index (χ0) is 10.3. The topological polar surface area (TPSA) is 29.5 Å². The first kappa shape index (κ1) is 11.6. The molecule has 16 heavy (non-hydrogen) atoms. The van der Waals surface area contributed by atoms with E-state index in [4.69, 9.17) is 4.52 Å². The number of hydrogen-bond donors (Lipinski definition) is 1. The van der Waals surface area contributed by atoms with Gasteiger partial charge in [0.05, 0.1) is 5.30 Å². The molecule has 0 fully saturated rings. The van der Waals surface area contributed by atoms with Crippen LogP contribution < -0.4 is 9.83 Å². The molecule has 0 spiro atoms. The molecule has 1 aliphatic heterocycles. The smallest absolute Gasteiger partial charge is 0.262 e. The molecule has 0 saturated carbocycles. The van der Waals surface area contributed by atoms with Crippen molar-refractivity contribution in [2.24, 2.45) is 0 Å². The number of para-hydroxylation sites is 1. The summed E-state index contributed by atoms with van der Waals surface area (Å²) in [6, 6.07) is 15.6. The van der Waals surface area contributed by atoms with Crippen LogP contribution in [0.5, 0.6) is 5.75 Å². The summed E-state index contributed by atoms with van der Waals surface area (Å²) < 4.78 is 5.48. The second kappa shape index (κ2) is 4.54. The molecule has 0 aromatic heterocycles. The highest BCUT2D eigenvalue weighted by Crippen LogP contribution is 2.45. The summed E-state index contributed by atoms with van der Waals surface area (Å²) in [6.07, 6.45) is 0. The minimum absolute atomic E-state index is 0. The summed E-state index contributed by atoms with van der Waals surface area (Å²) in [6.45, 7) is 0. The molecule has 0 amide bonds. The van der Waals surface area contributed by atoms with Crippen molar-refractivity contribution >= 4 is 30.7 Å². The van der Waals surface area contributed by atoms with Crippen LogP contribution in [0.25, 0.3) is 11.1 Å². The van der Waals surface area contributed by atoms with E-state index in [-0.39, 0.29) is 17.0 Å². The van der Waals surface area contributed by atoms with E-state index in [1.54, 1.807) is 0 Å². The Bertz CT molecular complexity index is 516. The van der Waals surface area contributed by atoms with Crippen LogP contribution in [0.15, 0.2) is 48.5 Å². The molecule has 1 unspecified atom stereocenters. The molecule has 0 radical (unpaired) electrons. The van der Waals surface area contributed by atoms with Crippen molar-refractivity contribution in [1.82, 2.24) is 0 Å². The Labute approximate surface area is 106 Å². The predicted octanol–water partition coefficient (Wildman–Crippen LogP) is 3.25. The molecule has 1 atom stereocenters. The van der Waals surface area contributed by atoms with Crippen LogP contribution in [0, 0.1) is 0 Å². The lowest BCUT2D eigenvalue weighted by Crippen LogP contribution is -2.13. The monoisotopic (exact) mass is 296 g/mol.